The number of nitrogens with zero attached hydrogens (tertiary/aromatic N) is 1. The highest BCUT2D eigenvalue weighted by Gasteiger charge is 2.12. The van der Waals surface area contributed by atoms with E-state index in [0.29, 0.717) is 12.1 Å². The predicted molar refractivity (Wildman–Crippen MR) is 108 cm³/mol. The zero-order valence-electron chi connectivity index (χ0n) is 15.0. The molecule has 0 aliphatic carbocycles. The molecule has 0 bridgehead atoms. The molecule has 1 heterocycles. The van der Waals surface area contributed by atoms with Crippen molar-refractivity contribution in [2.45, 2.75) is 19.6 Å². The molecular formula is C24H21NO2. The van der Waals surface area contributed by atoms with Crippen LogP contribution in [0, 0.1) is 0 Å². The van der Waals surface area contributed by atoms with Crippen molar-refractivity contribution in [1.82, 2.24) is 4.90 Å². The van der Waals surface area contributed by atoms with Crippen LogP contribution in [0.1, 0.15) is 16.7 Å². The zero-order chi connectivity index (χ0) is 18.5. The van der Waals surface area contributed by atoms with Gasteiger partial charge in [-0.3, -0.25) is 4.90 Å². The number of benzene rings is 3. The molecule has 0 amide bonds. The molecule has 0 spiro atoms. The molecule has 134 valence electrons. The fourth-order valence-electron chi connectivity index (χ4n) is 3.40. The number of hydrogen-bond donors (Lipinski definition) is 0. The zero-order valence-corrected chi connectivity index (χ0v) is 15.0. The van der Waals surface area contributed by atoms with Crippen LogP contribution in [0.15, 0.2) is 100 Å². The average Bonchev–Trinajstić information content (AvgIpc) is 2.69. The van der Waals surface area contributed by atoms with E-state index in [4.69, 9.17) is 4.42 Å². The van der Waals surface area contributed by atoms with Gasteiger partial charge in [0.1, 0.15) is 5.58 Å². The van der Waals surface area contributed by atoms with Gasteiger partial charge < -0.3 is 4.42 Å². The molecule has 27 heavy (non-hydrogen) atoms. The predicted octanol–water partition coefficient (Wildman–Crippen LogP) is 5.00. The third kappa shape index (κ3) is 4.33. The Bertz CT molecular complexity index is 1030. The summed E-state index contributed by atoms with van der Waals surface area (Å²) in [6, 6.07) is 30.2. The van der Waals surface area contributed by atoms with Gasteiger partial charge in [-0.1, -0.05) is 78.9 Å². The van der Waals surface area contributed by atoms with Crippen LogP contribution in [0.25, 0.3) is 11.0 Å². The molecule has 0 aliphatic rings. The van der Waals surface area contributed by atoms with Crippen molar-refractivity contribution in [3.8, 4) is 0 Å². The van der Waals surface area contributed by atoms with E-state index < -0.39 is 0 Å². The Morgan fingerprint density at radius 2 is 1.22 bits per heavy atom. The molecule has 0 N–H and O–H groups in total. The first-order valence-corrected chi connectivity index (χ1v) is 9.10. The van der Waals surface area contributed by atoms with Crippen LogP contribution < -0.4 is 5.63 Å². The van der Waals surface area contributed by atoms with Crippen molar-refractivity contribution in [3.63, 3.8) is 0 Å². The molecule has 1 aromatic heterocycles. The van der Waals surface area contributed by atoms with E-state index in [9.17, 15) is 4.79 Å². The van der Waals surface area contributed by atoms with E-state index in [-0.39, 0.29) is 5.63 Å². The van der Waals surface area contributed by atoms with Crippen LogP contribution in [0.5, 0.6) is 0 Å². The SMILES string of the molecule is O=c1cc(CN(Cc2ccccc2)Cc2ccccc2)c2ccccc2o1. The van der Waals surface area contributed by atoms with Gasteiger partial charge in [-0.2, -0.15) is 0 Å². The molecule has 0 atom stereocenters. The minimum Gasteiger partial charge on any atom is -0.423 e. The Morgan fingerprint density at radius 1 is 0.667 bits per heavy atom. The van der Waals surface area contributed by atoms with Gasteiger partial charge in [0.2, 0.25) is 0 Å². The molecule has 0 fully saturated rings. The van der Waals surface area contributed by atoms with Crippen molar-refractivity contribution in [3.05, 3.63) is 118 Å². The first-order chi connectivity index (χ1) is 13.3. The molecule has 3 heteroatoms. The summed E-state index contributed by atoms with van der Waals surface area (Å²) in [6.45, 7) is 2.30. The monoisotopic (exact) mass is 355 g/mol. The first-order valence-electron chi connectivity index (χ1n) is 9.10. The summed E-state index contributed by atoms with van der Waals surface area (Å²) in [5, 5.41) is 0.989. The van der Waals surface area contributed by atoms with Gasteiger partial charge in [-0.05, 0) is 22.8 Å². The van der Waals surface area contributed by atoms with Gasteiger partial charge in [0.15, 0.2) is 0 Å². The van der Waals surface area contributed by atoms with E-state index in [1.807, 2.05) is 36.4 Å². The van der Waals surface area contributed by atoms with Gasteiger partial charge in [0, 0.05) is 31.1 Å². The highest BCUT2D eigenvalue weighted by atomic mass is 16.4. The number of hydrogen-bond acceptors (Lipinski definition) is 3. The molecule has 4 rings (SSSR count). The van der Waals surface area contributed by atoms with E-state index in [2.05, 4.69) is 53.4 Å². The average molecular weight is 355 g/mol. The van der Waals surface area contributed by atoms with E-state index >= 15 is 0 Å². The van der Waals surface area contributed by atoms with Gasteiger partial charge in [-0.25, -0.2) is 4.79 Å². The molecule has 0 aliphatic heterocycles. The summed E-state index contributed by atoms with van der Waals surface area (Å²) in [6.07, 6.45) is 0. The number of fused-ring (bicyclic) bond motifs is 1. The Kier molecular flexibility index (Phi) is 5.13. The van der Waals surface area contributed by atoms with E-state index in [0.717, 1.165) is 24.0 Å². The lowest BCUT2D eigenvalue weighted by molar-refractivity contribution is 0.248. The van der Waals surface area contributed by atoms with Crippen molar-refractivity contribution in [1.29, 1.82) is 0 Å². The van der Waals surface area contributed by atoms with Crippen LogP contribution >= 0.6 is 0 Å². The number of para-hydroxylation sites is 1. The summed E-state index contributed by atoms with van der Waals surface area (Å²) in [4.78, 5) is 14.4. The van der Waals surface area contributed by atoms with Crippen molar-refractivity contribution < 1.29 is 4.42 Å². The maximum absolute atomic E-state index is 12.0. The lowest BCUT2D eigenvalue weighted by Crippen LogP contribution is -2.23. The molecule has 0 saturated heterocycles. The van der Waals surface area contributed by atoms with Gasteiger partial charge >= 0.3 is 5.63 Å². The second-order valence-corrected chi connectivity index (χ2v) is 6.70. The van der Waals surface area contributed by atoms with Gasteiger partial charge in [0.05, 0.1) is 0 Å². The minimum absolute atomic E-state index is 0.303. The summed E-state index contributed by atoms with van der Waals surface area (Å²) >= 11 is 0. The highest BCUT2D eigenvalue weighted by molar-refractivity contribution is 5.79. The van der Waals surface area contributed by atoms with Gasteiger partial charge in [-0.15, -0.1) is 0 Å². The number of rotatable bonds is 6. The van der Waals surface area contributed by atoms with Crippen molar-refractivity contribution in [2.75, 3.05) is 0 Å². The van der Waals surface area contributed by atoms with Crippen LogP contribution in [-0.4, -0.2) is 4.90 Å². The summed E-state index contributed by atoms with van der Waals surface area (Å²) in [5.74, 6) is 0. The topological polar surface area (TPSA) is 33.5 Å². The molecule has 3 nitrogen and oxygen atoms in total. The molecule has 0 saturated carbocycles. The lowest BCUT2D eigenvalue weighted by Gasteiger charge is -2.23. The van der Waals surface area contributed by atoms with E-state index in [1.165, 1.54) is 11.1 Å². The lowest BCUT2D eigenvalue weighted by atomic mass is 10.1. The molecular weight excluding hydrogens is 334 g/mol. The summed E-state index contributed by atoms with van der Waals surface area (Å²) in [5.41, 5.74) is 3.83. The van der Waals surface area contributed by atoms with Crippen LogP contribution in [0.4, 0.5) is 0 Å². The van der Waals surface area contributed by atoms with Crippen molar-refractivity contribution in [2.24, 2.45) is 0 Å². The quantitative estimate of drug-likeness (QED) is 0.457. The third-order valence-electron chi connectivity index (χ3n) is 4.63. The second-order valence-electron chi connectivity index (χ2n) is 6.70. The Balaban J connectivity index is 1.67. The van der Waals surface area contributed by atoms with E-state index in [1.54, 1.807) is 6.07 Å². The largest absolute Gasteiger partial charge is 0.423 e. The maximum atomic E-state index is 12.0. The Hall–Kier alpha value is -3.17. The summed E-state index contributed by atoms with van der Waals surface area (Å²) in [7, 11) is 0. The van der Waals surface area contributed by atoms with Crippen LogP contribution in [0.2, 0.25) is 0 Å². The fourth-order valence-corrected chi connectivity index (χ4v) is 3.40. The smallest absolute Gasteiger partial charge is 0.336 e. The normalized spacial score (nSPS) is 11.1. The third-order valence-corrected chi connectivity index (χ3v) is 4.63. The second kappa shape index (κ2) is 8.02. The Morgan fingerprint density at radius 3 is 1.85 bits per heavy atom. The minimum atomic E-state index is -0.303. The van der Waals surface area contributed by atoms with Crippen LogP contribution in [-0.2, 0) is 19.6 Å². The fraction of sp³-hybridized carbons (Fsp3) is 0.125. The Labute approximate surface area is 158 Å². The highest BCUT2D eigenvalue weighted by Crippen LogP contribution is 2.20. The standard InChI is InChI=1S/C24H21NO2/c26-24-15-21(22-13-7-8-14-23(22)27-24)18-25(16-19-9-3-1-4-10-19)17-20-11-5-2-6-12-20/h1-15H,16-18H2. The molecule has 0 unspecified atom stereocenters. The van der Waals surface area contributed by atoms with Gasteiger partial charge in [0.25, 0.3) is 0 Å². The summed E-state index contributed by atoms with van der Waals surface area (Å²) < 4.78 is 5.35. The van der Waals surface area contributed by atoms with Crippen molar-refractivity contribution >= 4 is 11.0 Å². The maximum Gasteiger partial charge on any atom is 0.336 e. The molecule has 0 radical (unpaired) electrons. The first kappa shape index (κ1) is 17.3. The molecule has 4 aromatic rings. The van der Waals surface area contributed by atoms with Crippen LogP contribution in [0.3, 0.4) is 0 Å². The molecule has 3 aromatic carbocycles.